The van der Waals surface area contributed by atoms with Gasteiger partial charge in [0.1, 0.15) is 0 Å². The zero-order valence-electron chi connectivity index (χ0n) is 11.3. The molecule has 0 heterocycles. The summed E-state index contributed by atoms with van der Waals surface area (Å²) in [5.74, 6) is -0.563. The first-order valence-corrected chi connectivity index (χ1v) is 7.10. The lowest BCUT2D eigenvalue weighted by molar-refractivity contribution is 0.0939. The molecule has 0 fully saturated rings. The Morgan fingerprint density at radius 2 is 1.64 bits per heavy atom. The van der Waals surface area contributed by atoms with Crippen LogP contribution in [-0.4, -0.2) is 11.7 Å². The van der Waals surface area contributed by atoms with Crippen molar-refractivity contribution in [2.24, 2.45) is 0 Å². The van der Waals surface area contributed by atoms with Gasteiger partial charge in [-0.05, 0) is 42.5 Å². The number of hydrogen-bond acceptors (Lipinski definition) is 3. The lowest BCUT2D eigenvalue weighted by atomic mass is 10.1. The number of ketones is 1. The SMILES string of the molecule is O=C(/C=C/NNC(=O)c1cccc(Cl)c1)c1ccc(Cl)cc1. The molecule has 0 atom stereocenters. The minimum absolute atomic E-state index is 0.207. The van der Waals surface area contributed by atoms with Crippen molar-refractivity contribution in [1.82, 2.24) is 10.9 Å². The Morgan fingerprint density at radius 3 is 2.32 bits per heavy atom. The number of carbonyl (C=O) groups is 2. The monoisotopic (exact) mass is 334 g/mol. The van der Waals surface area contributed by atoms with Gasteiger partial charge in [-0.3, -0.25) is 15.0 Å². The van der Waals surface area contributed by atoms with Gasteiger partial charge in [0.05, 0.1) is 0 Å². The maximum atomic E-state index is 11.8. The zero-order chi connectivity index (χ0) is 15.9. The molecule has 0 saturated carbocycles. The third-order valence-corrected chi connectivity index (χ3v) is 3.21. The lowest BCUT2D eigenvalue weighted by Crippen LogP contribution is -2.33. The average Bonchev–Trinajstić information content (AvgIpc) is 2.51. The second kappa shape index (κ2) is 7.64. The fraction of sp³-hybridized carbons (Fsp3) is 0. The minimum atomic E-state index is -0.355. The quantitative estimate of drug-likeness (QED) is 0.498. The second-order valence-electron chi connectivity index (χ2n) is 4.31. The molecule has 0 bridgehead atoms. The van der Waals surface area contributed by atoms with Crippen LogP contribution in [0.2, 0.25) is 10.0 Å². The molecule has 0 aliphatic rings. The molecule has 2 aromatic rings. The highest BCUT2D eigenvalue weighted by molar-refractivity contribution is 6.31. The number of nitrogens with one attached hydrogen (secondary N) is 2. The fourth-order valence-electron chi connectivity index (χ4n) is 1.64. The van der Waals surface area contributed by atoms with Gasteiger partial charge in [-0.15, -0.1) is 0 Å². The normalized spacial score (nSPS) is 10.5. The van der Waals surface area contributed by atoms with E-state index in [0.29, 0.717) is 21.2 Å². The topological polar surface area (TPSA) is 58.2 Å². The van der Waals surface area contributed by atoms with Gasteiger partial charge >= 0.3 is 0 Å². The molecule has 2 N–H and O–H groups in total. The summed E-state index contributed by atoms with van der Waals surface area (Å²) in [7, 11) is 0. The van der Waals surface area contributed by atoms with E-state index in [9.17, 15) is 9.59 Å². The van der Waals surface area contributed by atoms with Crippen LogP contribution >= 0.6 is 23.2 Å². The lowest BCUT2D eigenvalue weighted by Gasteiger charge is -2.04. The molecule has 112 valence electrons. The smallest absolute Gasteiger partial charge is 0.269 e. The van der Waals surface area contributed by atoms with Crippen molar-refractivity contribution in [3.8, 4) is 0 Å². The van der Waals surface area contributed by atoms with Crippen LogP contribution in [0.25, 0.3) is 0 Å². The van der Waals surface area contributed by atoms with E-state index >= 15 is 0 Å². The third kappa shape index (κ3) is 4.62. The molecule has 1 amide bonds. The molecular weight excluding hydrogens is 323 g/mol. The van der Waals surface area contributed by atoms with Gasteiger partial charge in [0, 0.05) is 33.4 Å². The summed E-state index contributed by atoms with van der Waals surface area (Å²) in [6.45, 7) is 0. The Morgan fingerprint density at radius 1 is 0.909 bits per heavy atom. The van der Waals surface area contributed by atoms with Gasteiger partial charge in [-0.25, -0.2) is 0 Å². The molecule has 0 unspecified atom stereocenters. The number of carbonyl (C=O) groups excluding carboxylic acids is 2. The molecule has 0 radical (unpaired) electrons. The van der Waals surface area contributed by atoms with E-state index in [1.807, 2.05) is 0 Å². The van der Waals surface area contributed by atoms with Crippen LogP contribution in [0, 0.1) is 0 Å². The van der Waals surface area contributed by atoms with Crippen LogP contribution in [-0.2, 0) is 0 Å². The Kier molecular flexibility index (Phi) is 5.58. The Labute approximate surface area is 137 Å². The van der Waals surface area contributed by atoms with Crippen molar-refractivity contribution in [3.63, 3.8) is 0 Å². The number of allylic oxidation sites excluding steroid dienone is 1. The van der Waals surface area contributed by atoms with Gasteiger partial charge in [0.15, 0.2) is 5.78 Å². The maximum Gasteiger partial charge on any atom is 0.269 e. The highest BCUT2D eigenvalue weighted by Crippen LogP contribution is 2.11. The first kappa shape index (κ1) is 16.1. The summed E-state index contributed by atoms with van der Waals surface area (Å²) in [6, 6.07) is 13.0. The van der Waals surface area contributed by atoms with E-state index in [2.05, 4.69) is 10.9 Å². The van der Waals surface area contributed by atoms with E-state index in [0.717, 1.165) is 0 Å². The molecule has 6 heteroatoms. The third-order valence-electron chi connectivity index (χ3n) is 2.72. The van der Waals surface area contributed by atoms with E-state index in [1.165, 1.54) is 12.3 Å². The highest BCUT2D eigenvalue weighted by Gasteiger charge is 2.04. The summed E-state index contributed by atoms with van der Waals surface area (Å²) >= 11 is 11.6. The van der Waals surface area contributed by atoms with Gasteiger partial charge < -0.3 is 5.43 Å². The van der Waals surface area contributed by atoms with Crippen molar-refractivity contribution >= 4 is 34.9 Å². The molecule has 2 rings (SSSR count). The first-order valence-electron chi connectivity index (χ1n) is 6.34. The maximum absolute atomic E-state index is 11.8. The molecule has 4 nitrogen and oxygen atoms in total. The molecule has 2 aromatic carbocycles. The van der Waals surface area contributed by atoms with Crippen molar-refractivity contribution in [1.29, 1.82) is 0 Å². The Bertz CT molecular complexity index is 712. The van der Waals surface area contributed by atoms with Crippen LogP contribution in [0.15, 0.2) is 60.8 Å². The number of rotatable bonds is 5. The van der Waals surface area contributed by atoms with Gasteiger partial charge in [-0.1, -0.05) is 29.3 Å². The van der Waals surface area contributed by atoms with Crippen LogP contribution in [0.1, 0.15) is 20.7 Å². The molecule has 22 heavy (non-hydrogen) atoms. The van der Waals surface area contributed by atoms with Gasteiger partial charge in [0.25, 0.3) is 5.91 Å². The van der Waals surface area contributed by atoms with Crippen molar-refractivity contribution < 1.29 is 9.59 Å². The summed E-state index contributed by atoms with van der Waals surface area (Å²) in [5.41, 5.74) is 5.90. The second-order valence-corrected chi connectivity index (χ2v) is 5.19. The van der Waals surface area contributed by atoms with Crippen LogP contribution in [0.5, 0.6) is 0 Å². The van der Waals surface area contributed by atoms with Crippen molar-refractivity contribution in [2.75, 3.05) is 0 Å². The van der Waals surface area contributed by atoms with Gasteiger partial charge in [0.2, 0.25) is 0 Å². The minimum Gasteiger partial charge on any atom is -0.305 e. The Hall–Kier alpha value is -2.30. The van der Waals surface area contributed by atoms with E-state index in [4.69, 9.17) is 23.2 Å². The zero-order valence-corrected chi connectivity index (χ0v) is 12.9. The highest BCUT2D eigenvalue weighted by atomic mass is 35.5. The summed E-state index contributed by atoms with van der Waals surface area (Å²) in [5, 5.41) is 1.04. The number of benzene rings is 2. The average molecular weight is 335 g/mol. The van der Waals surface area contributed by atoms with Crippen molar-refractivity contribution in [2.45, 2.75) is 0 Å². The largest absolute Gasteiger partial charge is 0.305 e. The summed E-state index contributed by atoms with van der Waals surface area (Å²) < 4.78 is 0. The van der Waals surface area contributed by atoms with E-state index < -0.39 is 0 Å². The standard InChI is InChI=1S/C16H12Cl2N2O2/c17-13-6-4-11(5-7-13)15(21)8-9-19-20-16(22)12-2-1-3-14(18)10-12/h1-10,19H,(H,20,22)/b9-8+. The first-order chi connectivity index (χ1) is 10.6. The van der Waals surface area contributed by atoms with Crippen LogP contribution in [0.4, 0.5) is 0 Å². The molecule has 0 aliphatic carbocycles. The number of hydrogen-bond donors (Lipinski definition) is 2. The van der Waals surface area contributed by atoms with E-state index in [1.54, 1.807) is 48.5 Å². The number of halogens is 2. The summed E-state index contributed by atoms with van der Waals surface area (Å²) in [6.07, 6.45) is 2.65. The van der Waals surface area contributed by atoms with E-state index in [-0.39, 0.29) is 11.7 Å². The number of hydrazine groups is 1. The molecular formula is C16H12Cl2N2O2. The Balaban J connectivity index is 1.86. The molecule has 0 spiro atoms. The molecule has 0 saturated heterocycles. The summed E-state index contributed by atoms with van der Waals surface area (Å²) in [4.78, 5) is 23.6. The van der Waals surface area contributed by atoms with Crippen LogP contribution in [0.3, 0.4) is 0 Å². The number of amides is 1. The fourth-order valence-corrected chi connectivity index (χ4v) is 1.95. The predicted molar refractivity (Wildman–Crippen MR) is 87.0 cm³/mol. The van der Waals surface area contributed by atoms with Crippen LogP contribution < -0.4 is 10.9 Å². The van der Waals surface area contributed by atoms with Gasteiger partial charge in [-0.2, -0.15) is 0 Å². The molecule has 0 aliphatic heterocycles. The predicted octanol–water partition coefficient (Wildman–Crippen LogP) is 3.62. The van der Waals surface area contributed by atoms with Crippen molar-refractivity contribution in [3.05, 3.63) is 82.0 Å². The molecule has 0 aromatic heterocycles.